The molecular weight excluding hydrogens is 331 g/mol. The first-order valence-electron chi connectivity index (χ1n) is 8.20. The molecule has 0 atom stereocenters. The van der Waals surface area contributed by atoms with Crippen LogP contribution in [-0.4, -0.2) is 38.1 Å². The predicted octanol–water partition coefficient (Wildman–Crippen LogP) is 1.06. The van der Waals surface area contributed by atoms with E-state index in [1.807, 2.05) is 0 Å². The molecule has 0 saturated carbocycles. The van der Waals surface area contributed by atoms with Crippen LogP contribution >= 0.6 is 0 Å². The monoisotopic (exact) mass is 362 g/mol. The van der Waals surface area contributed by atoms with Crippen molar-refractivity contribution in [1.29, 1.82) is 0 Å². The molecule has 0 aromatic rings. The van der Waals surface area contributed by atoms with Gasteiger partial charge in [-0.05, 0) is 6.42 Å². The zero-order chi connectivity index (χ0) is 16.7. The summed E-state index contributed by atoms with van der Waals surface area (Å²) >= 11 is 0. The summed E-state index contributed by atoms with van der Waals surface area (Å²) in [6, 6.07) is 0. The first-order chi connectivity index (χ1) is 10.5. The second-order valence-corrected chi connectivity index (χ2v) is 6.99. The molecular formula is C15H31NaO6S. The van der Waals surface area contributed by atoms with Crippen molar-refractivity contribution in [2.45, 2.75) is 71.1 Å². The fourth-order valence-electron chi connectivity index (χ4n) is 2.02. The number of unbranched alkanes of at least 4 members (excludes halogenated alkanes) is 9. The normalized spacial score (nSPS) is 10.9. The van der Waals surface area contributed by atoms with Crippen LogP contribution in [0.15, 0.2) is 0 Å². The first-order valence-corrected chi connectivity index (χ1v) is 9.81. The molecule has 0 aliphatic heterocycles. The van der Waals surface area contributed by atoms with Gasteiger partial charge in [0, 0.05) is 0 Å². The van der Waals surface area contributed by atoms with E-state index in [2.05, 4.69) is 11.7 Å². The van der Waals surface area contributed by atoms with Crippen molar-refractivity contribution < 1.29 is 58.2 Å². The van der Waals surface area contributed by atoms with E-state index in [-0.39, 0.29) is 37.6 Å². The Morgan fingerprint density at radius 3 is 1.78 bits per heavy atom. The Kier molecular flexibility index (Phi) is 18.8. The van der Waals surface area contributed by atoms with E-state index in [0.29, 0.717) is 0 Å². The van der Waals surface area contributed by atoms with Crippen molar-refractivity contribution in [3.8, 4) is 0 Å². The zero-order valence-corrected chi connectivity index (χ0v) is 17.4. The van der Waals surface area contributed by atoms with Crippen LogP contribution in [0.1, 0.15) is 72.6 Å². The number of rotatable bonds is 14. The molecule has 0 amide bonds. The quantitative estimate of drug-likeness (QED) is 0.215. The topological polar surface area (TPSA) is 89.9 Å². The molecule has 0 unspecified atom stereocenters. The van der Waals surface area contributed by atoms with Gasteiger partial charge in [0.05, 0.1) is 6.61 Å². The minimum Gasteiger partial charge on any atom is -1.00 e. The second kappa shape index (κ2) is 17.0. The van der Waals surface area contributed by atoms with Gasteiger partial charge >= 0.3 is 35.7 Å². The van der Waals surface area contributed by atoms with Crippen LogP contribution in [0.4, 0.5) is 4.79 Å². The molecule has 0 spiro atoms. The molecule has 0 aliphatic carbocycles. The summed E-state index contributed by atoms with van der Waals surface area (Å²) < 4.78 is 38.5. The standard InChI is InChI=1S/C15H30O6S.Na.H/c1-2-3-4-5-6-7-8-9-10-11-12-20-15(16)21-13-14-22(17,18)19;;/h2-14H2,1H3,(H,17,18,19);;/q;+1;-1. The molecule has 0 saturated heterocycles. The molecule has 134 valence electrons. The van der Waals surface area contributed by atoms with Gasteiger partial charge in [-0.3, -0.25) is 4.55 Å². The fraction of sp³-hybridized carbons (Fsp3) is 0.933. The maximum Gasteiger partial charge on any atom is 1.00 e. The van der Waals surface area contributed by atoms with Gasteiger partial charge in [0.2, 0.25) is 0 Å². The summed E-state index contributed by atoms with van der Waals surface area (Å²) in [7, 11) is -4.10. The average Bonchev–Trinajstić information content (AvgIpc) is 2.43. The SMILES string of the molecule is CCCCCCCCCCCCOC(=O)OCCS(=O)(=O)O.[H-].[Na+]. The average molecular weight is 362 g/mol. The smallest absolute Gasteiger partial charge is 1.00 e. The van der Waals surface area contributed by atoms with Gasteiger partial charge in [0.25, 0.3) is 10.1 Å². The number of ether oxygens (including phenoxy) is 2. The minimum absolute atomic E-state index is 0. The maximum absolute atomic E-state index is 11.1. The van der Waals surface area contributed by atoms with Crippen molar-refractivity contribution in [2.24, 2.45) is 0 Å². The summed E-state index contributed by atoms with van der Waals surface area (Å²) in [5.74, 6) is -0.611. The van der Waals surface area contributed by atoms with Gasteiger partial charge in [-0.1, -0.05) is 64.7 Å². The van der Waals surface area contributed by atoms with E-state index in [9.17, 15) is 13.2 Å². The Labute approximate surface area is 164 Å². The largest absolute Gasteiger partial charge is 1.00 e. The van der Waals surface area contributed by atoms with Gasteiger partial charge in [-0.15, -0.1) is 0 Å². The van der Waals surface area contributed by atoms with Gasteiger partial charge < -0.3 is 10.9 Å². The van der Waals surface area contributed by atoms with E-state index in [0.717, 1.165) is 19.3 Å². The molecule has 0 aliphatic rings. The van der Waals surface area contributed by atoms with Crippen LogP contribution in [0, 0.1) is 0 Å². The Bertz CT molecular complexity index is 378. The zero-order valence-electron chi connectivity index (χ0n) is 15.6. The minimum atomic E-state index is -4.10. The predicted molar refractivity (Wildman–Crippen MR) is 86.7 cm³/mol. The van der Waals surface area contributed by atoms with Crippen molar-refractivity contribution in [2.75, 3.05) is 19.0 Å². The Hall–Kier alpha value is 0.180. The number of carbonyl (C=O) groups excluding carboxylic acids is 1. The molecule has 0 rings (SSSR count). The van der Waals surface area contributed by atoms with Gasteiger partial charge in [-0.25, -0.2) is 4.79 Å². The molecule has 6 nitrogen and oxygen atoms in total. The Balaban J connectivity index is -0.00000220. The van der Waals surface area contributed by atoms with E-state index in [1.165, 1.54) is 44.9 Å². The molecule has 0 aromatic heterocycles. The fourth-order valence-corrected chi connectivity index (χ4v) is 2.31. The molecule has 0 aromatic carbocycles. The third-order valence-corrected chi connectivity index (χ3v) is 3.96. The summed E-state index contributed by atoms with van der Waals surface area (Å²) in [5, 5.41) is 0. The van der Waals surface area contributed by atoms with Crippen LogP contribution in [0.5, 0.6) is 0 Å². The molecule has 0 bridgehead atoms. The van der Waals surface area contributed by atoms with Crippen LogP contribution in [-0.2, 0) is 19.6 Å². The number of carbonyl (C=O) groups is 1. The van der Waals surface area contributed by atoms with Crippen molar-refractivity contribution in [3.05, 3.63) is 0 Å². The maximum atomic E-state index is 11.1. The third kappa shape index (κ3) is 22.2. The van der Waals surface area contributed by atoms with Gasteiger partial charge in [0.1, 0.15) is 12.4 Å². The Morgan fingerprint density at radius 2 is 1.30 bits per heavy atom. The van der Waals surface area contributed by atoms with Crippen molar-refractivity contribution in [3.63, 3.8) is 0 Å². The van der Waals surface area contributed by atoms with Crippen molar-refractivity contribution in [1.82, 2.24) is 0 Å². The van der Waals surface area contributed by atoms with Crippen LogP contribution in [0.3, 0.4) is 0 Å². The molecule has 0 fully saturated rings. The van der Waals surface area contributed by atoms with E-state index < -0.39 is 28.6 Å². The summed E-state index contributed by atoms with van der Waals surface area (Å²) in [6.45, 7) is 2.10. The van der Waals surface area contributed by atoms with Crippen LogP contribution in [0.25, 0.3) is 0 Å². The third-order valence-electron chi connectivity index (χ3n) is 3.28. The summed E-state index contributed by atoms with van der Waals surface area (Å²) in [6.07, 6.45) is 11.1. The number of hydrogen-bond acceptors (Lipinski definition) is 5. The summed E-state index contributed by atoms with van der Waals surface area (Å²) in [5.41, 5.74) is 0. The van der Waals surface area contributed by atoms with E-state index in [1.54, 1.807) is 0 Å². The number of hydrogen-bond donors (Lipinski definition) is 1. The summed E-state index contributed by atoms with van der Waals surface area (Å²) in [4.78, 5) is 11.1. The molecule has 0 radical (unpaired) electrons. The first kappa shape index (κ1) is 25.4. The molecule has 8 heteroatoms. The van der Waals surface area contributed by atoms with Gasteiger partial charge in [0.15, 0.2) is 0 Å². The Morgan fingerprint density at radius 1 is 0.870 bits per heavy atom. The molecule has 0 heterocycles. The van der Waals surface area contributed by atoms with Gasteiger partial charge in [-0.2, -0.15) is 8.42 Å². The van der Waals surface area contributed by atoms with Crippen LogP contribution in [0.2, 0.25) is 0 Å². The second-order valence-electron chi connectivity index (χ2n) is 5.41. The van der Waals surface area contributed by atoms with E-state index in [4.69, 9.17) is 9.29 Å². The van der Waals surface area contributed by atoms with Crippen molar-refractivity contribution >= 4 is 16.3 Å². The molecule has 23 heavy (non-hydrogen) atoms. The molecule has 1 N–H and O–H groups in total. The van der Waals surface area contributed by atoms with E-state index >= 15 is 0 Å². The van der Waals surface area contributed by atoms with Crippen LogP contribution < -0.4 is 29.6 Å².